The molecule has 0 unspecified atom stereocenters. The first kappa shape index (κ1) is 18.8. The Morgan fingerprint density at radius 3 is 2.93 bits per heavy atom. The molecule has 0 bridgehead atoms. The minimum atomic E-state index is -0.0371. The van der Waals surface area contributed by atoms with Gasteiger partial charge in [-0.15, -0.1) is 22.7 Å². The normalized spacial score (nSPS) is 13.7. The van der Waals surface area contributed by atoms with Crippen LogP contribution >= 0.6 is 38.6 Å². The fraction of sp³-hybridized carbons (Fsp3) is 0.421. The molecule has 0 fully saturated rings. The van der Waals surface area contributed by atoms with E-state index in [1.807, 2.05) is 6.07 Å². The average molecular weight is 466 g/mol. The number of nitrogens with zero attached hydrogens (tertiary/aromatic N) is 2. The van der Waals surface area contributed by atoms with Crippen molar-refractivity contribution in [2.75, 3.05) is 6.54 Å². The van der Waals surface area contributed by atoms with Crippen molar-refractivity contribution in [1.82, 2.24) is 14.9 Å². The summed E-state index contributed by atoms with van der Waals surface area (Å²) in [5.41, 5.74) is 1.19. The van der Waals surface area contributed by atoms with E-state index in [9.17, 15) is 9.59 Å². The standard InChI is InChI=1S/C19H20BrN3O2S2/c20-15-6-5-12(26-15)7-9-21-16(24)8-10-23-11-22-18-17(19(23)25)13-3-1-2-4-14(13)27-18/h5-6,11H,1-4,7-10H2,(H,21,24). The number of carbonyl (C=O) groups is 1. The summed E-state index contributed by atoms with van der Waals surface area (Å²) in [7, 11) is 0. The van der Waals surface area contributed by atoms with Crippen LogP contribution in [0.5, 0.6) is 0 Å². The van der Waals surface area contributed by atoms with Crippen LogP contribution in [0.1, 0.15) is 34.6 Å². The van der Waals surface area contributed by atoms with Crippen molar-refractivity contribution in [2.24, 2.45) is 0 Å². The number of aromatic nitrogens is 2. The monoisotopic (exact) mass is 465 g/mol. The second-order valence-electron chi connectivity index (χ2n) is 6.69. The molecule has 0 saturated carbocycles. The highest BCUT2D eigenvalue weighted by Crippen LogP contribution is 2.33. The van der Waals surface area contributed by atoms with Crippen LogP contribution in [0.25, 0.3) is 10.2 Å². The molecule has 3 aromatic rings. The Balaban J connectivity index is 1.37. The van der Waals surface area contributed by atoms with Gasteiger partial charge in [-0.2, -0.15) is 0 Å². The summed E-state index contributed by atoms with van der Waals surface area (Å²) in [5.74, 6) is -0.0371. The minimum Gasteiger partial charge on any atom is -0.356 e. The minimum absolute atomic E-state index is 0.00404. The van der Waals surface area contributed by atoms with Crippen LogP contribution < -0.4 is 10.9 Å². The van der Waals surface area contributed by atoms with Crippen LogP contribution in [0.3, 0.4) is 0 Å². The molecule has 1 aliphatic carbocycles. The number of hydrogen-bond donors (Lipinski definition) is 1. The molecule has 4 rings (SSSR count). The maximum Gasteiger partial charge on any atom is 0.262 e. The highest BCUT2D eigenvalue weighted by molar-refractivity contribution is 9.11. The molecule has 8 heteroatoms. The summed E-state index contributed by atoms with van der Waals surface area (Å²) in [6.07, 6.45) is 7.04. The van der Waals surface area contributed by atoms with Crippen molar-refractivity contribution < 1.29 is 4.79 Å². The summed E-state index contributed by atoms with van der Waals surface area (Å²) < 4.78 is 2.68. The molecule has 0 aromatic carbocycles. The first-order valence-corrected chi connectivity index (χ1v) is 11.5. The van der Waals surface area contributed by atoms with Gasteiger partial charge >= 0.3 is 0 Å². The van der Waals surface area contributed by atoms with E-state index in [1.54, 1.807) is 33.6 Å². The Bertz CT molecular complexity index is 1040. The zero-order valence-electron chi connectivity index (χ0n) is 14.8. The van der Waals surface area contributed by atoms with Gasteiger partial charge in [0.15, 0.2) is 0 Å². The van der Waals surface area contributed by atoms with E-state index in [0.717, 1.165) is 39.7 Å². The lowest BCUT2D eigenvalue weighted by Crippen LogP contribution is -2.29. The van der Waals surface area contributed by atoms with Gasteiger partial charge in [0.25, 0.3) is 5.56 Å². The maximum absolute atomic E-state index is 12.9. The maximum atomic E-state index is 12.9. The van der Waals surface area contributed by atoms with Gasteiger partial charge in [0.1, 0.15) is 4.83 Å². The zero-order valence-corrected chi connectivity index (χ0v) is 18.0. The van der Waals surface area contributed by atoms with E-state index in [4.69, 9.17) is 0 Å². The van der Waals surface area contributed by atoms with Gasteiger partial charge in [-0.25, -0.2) is 4.98 Å². The lowest BCUT2D eigenvalue weighted by Gasteiger charge is -2.10. The van der Waals surface area contributed by atoms with E-state index >= 15 is 0 Å². The van der Waals surface area contributed by atoms with Crippen molar-refractivity contribution in [1.29, 1.82) is 0 Å². The Morgan fingerprint density at radius 1 is 1.26 bits per heavy atom. The molecular weight excluding hydrogens is 446 g/mol. The summed E-state index contributed by atoms with van der Waals surface area (Å²) >= 11 is 6.77. The molecule has 1 amide bonds. The molecule has 0 aliphatic heterocycles. The highest BCUT2D eigenvalue weighted by atomic mass is 79.9. The number of fused-ring (bicyclic) bond motifs is 3. The number of carbonyl (C=O) groups excluding carboxylic acids is 1. The molecule has 0 saturated heterocycles. The van der Waals surface area contributed by atoms with E-state index in [2.05, 4.69) is 32.3 Å². The third-order valence-electron chi connectivity index (χ3n) is 4.84. The molecule has 1 aliphatic rings. The quantitative estimate of drug-likeness (QED) is 0.599. The van der Waals surface area contributed by atoms with Crippen LogP contribution in [0, 0.1) is 0 Å². The second kappa shape index (κ2) is 8.24. The van der Waals surface area contributed by atoms with E-state index in [-0.39, 0.29) is 17.9 Å². The molecule has 142 valence electrons. The first-order chi connectivity index (χ1) is 13.1. The molecule has 0 atom stereocenters. The molecule has 5 nitrogen and oxygen atoms in total. The predicted molar refractivity (Wildman–Crippen MR) is 114 cm³/mol. The molecule has 27 heavy (non-hydrogen) atoms. The lowest BCUT2D eigenvalue weighted by atomic mass is 9.97. The smallest absolute Gasteiger partial charge is 0.262 e. The van der Waals surface area contributed by atoms with E-state index in [0.29, 0.717) is 13.1 Å². The van der Waals surface area contributed by atoms with Gasteiger partial charge in [-0.1, -0.05) is 0 Å². The number of aryl methyl sites for hydroxylation is 3. The van der Waals surface area contributed by atoms with Gasteiger partial charge in [-0.05, 0) is 65.7 Å². The molecule has 3 heterocycles. The van der Waals surface area contributed by atoms with Gasteiger partial charge in [0, 0.05) is 29.3 Å². The summed E-state index contributed by atoms with van der Waals surface area (Å²) in [6.45, 7) is 0.971. The second-order valence-corrected chi connectivity index (χ2v) is 10.3. The molecule has 0 radical (unpaired) electrons. The number of thiophene rings is 2. The largest absolute Gasteiger partial charge is 0.356 e. The Hall–Kier alpha value is -1.51. The SMILES string of the molecule is O=C(CCn1cnc2sc3c(c2c1=O)CCCC3)NCCc1ccc(Br)s1. The fourth-order valence-corrected chi connectivity index (χ4v) is 6.16. The summed E-state index contributed by atoms with van der Waals surface area (Å²) in [4.78, 5) is 32.9. The molecule has 3 aromatic heterocycles. The molecular formula is C19H20BrN3O2S2. The lowest BCUT2D eigenvalue weighted by molar-refractivity contribution is -0.121. The summed E-state index contributed by atoms with van der Waals surface area (Å²) in [5, 5.41) is 3.71. The average Bonchev–Trinajstić information content (AvgIpc) is 3.24. The number of nitrogens with one attached hydrogen (secondary N) is 1. The van der Waals surface area contributed by atoms with Crippen LogP contribution in [-0.4, -0.2) is 22.0 Å². The van der Waals surface area contributed by atoms with Crippen LogP contribution in [0.2, 0.25) is 0 Å². The zero-order chi connectivity index (χ0) is 18.8. The van der Waals surface area contributed by atoms with Crippen LogP contribution in [0.4, 0.5) is 0 Å². The number of hydrogen-bond acceptors (Lipinski definition) is 5. The van der Waals surface area contributed by atoms with E-state index in [1.165, 1.54) is 21.7 Å². The van der Waals surface area contributed by atoms with Gasteiger partial charge in [-0.3, -0.25) is 14.2 Å². The van der Waals surface area contributed by atoms with E-state index < -0.39 is 0 Å². The summed E-state index contributed by atoms with van der Waals surface area (Å²) in [6, 6.07) is 4.07. The van der Waals surface area contributed by atoms with Crippen LogP contribution in [0.15, 0.2) is 27.0 Å². The predicted octanol–water partition coefficient (Wildman–Crippen LogP) is 3.91. The number of halogens is 1. The van der Waals surface area contributed by atoms with Crippen molar-refractivity contribution in [3.05, 3.63) is 47.9 Å². The van der Waals surface area contributed by atoms with Gasteiger partial charge in [0.05, 0.1) is 15.5 Å². The topological polar surface area (TPSA) is 64.0 Å². The molecule has 0 spiro atoms. The van der Waals surface area contributed by atoms with Crippen molar-refractivity contribution in [2.45, 2.75) is 45.1 Å². The van der Waals surface area contributed by atoms with Crippen molar-refractivity contribution >= 4 is 54.7 Å². The number of rotatable bonds is 6. The Morgan fingerprint density at radius 2 is 2.11 bits per heavy atom. The highest BCUT2D eigenvalue weighted by Gasteiger charge is 2.20. The molecule has 1 N–H and O–H groups in total. The van der Waals surface area contributed by atoms with Crippen LogP contribution in [-0.2, 0) is 30.6 Å². The van der Waals surface area contributed by atoms with Crippen molar-refractivity contribution in [3.63, 3.8) is 0 Å². The first-order valence-electron chi connectivity index (χ1n) is 9.12. The third-order valence-corrected chi connectivity index (χ3v) is 7.73. The van der Waals surface area contributed by atoms with Gasteiger partial charge < -0.3 is 5.32 Å². The number of amides is 1. The van der Waals surface area contributed by atoms with Crippen molar-refractivity contribution in [3.8, 4) is 0 Å². The van der Waals surface area contributed by atoms with Gasteiger partial charge in [0.2, 0.25) is 5.91 Å². The Kier molecular flexibility index (Phi) is 5.75. The Labute approximate surface area is 173 Å². The third kappa shape index (κ3) is 4.17. The fourth-order valence-electron chi connectivity index (χ4n) is 3.46.